The quantitative estimate of drug-likeness (QED) is 0.455. The molecular weight excluding hydrogens is 436 g/mol. The molecule has 0 saturated carbocycles. The molecule has 1 fully saturated rings. The standard InChI is InChI=1S/C26H31ClN4O2/c27-24-8-4-7-23(19-24)20-30-12-11-28-25(30)21-31(14-13-29-15-17-33-18-16-29)26(32)10-9-22-5-2-1-3-6-22/h1-8,11-12,19H,9-10,13-18,20-21H2. The van der Waals surface area contributed by atoms with Gasteiger partial charge in [0.15, 0.2) is 0 Å². The Bertz CT molecular complexity index is 1020. The molecule has 2 heterocycles. The van der Waals surface area contributed by atoms with Gasteiger partial charge in [0.1, 0.15) is 5.82 Å². The zero-order valence-corrected chi connectivity index (χ0v) is 19.7. The Balaban J connectivity index is 1.43. The second kappa shape index (κ2) is 12.0. The van der Waals surface area contributed by atoms with Crippen LogP contribution in [0.5, 0.6) is 0 Å². The lowest BCUT2D eigenvalue weighted by Gasteiger charge is -2.30. The summed E-state index contributed by atoms with van der Waals surface area (Å²) in [4.78, 5) is 22.1. The van der Waals surface area contributed by atoms with Crippen LogP contribution in [0.25, 0.3) is 0 Å². The van der Waals surface area contributed by atoms with E-state index < -0.39 is 0 Å². The topological polar surface area (TPSA) is 50.6 Å². The Labute approximate surface area is 200 Å². The van der Waals surface area contributed by atoms with Crippen LogP contribution >= 0.6 is 11.6 Å². The smallest absolute Gasteiger partial charge is 0.223 e. The fourth-order valence-corrected chi connectivity index (χ4v) is 4.28. The van der Waals surface area contributed by atoms with Crippen molar-refractivity contribution in [1.82, 2.24) is 19.4 Å². The summed E-state index contributed by atoms with van der Waals surface area (Å²) in [5.41, 5.74) is 2.29. The molecule has 0 spiro atoms. The highest BCUT2D eigenvalue weighted by molar-refractivity contribution is 6.30. The summed E-state index contributed by atoms with van der Waals surface area (Å²) < 4.78 is 7.56. The molecule has 1 amide bonds. The van der Waals surface area contributed by atoms with E-state index in [0.29, 0.717) is 26.1 Å². The minimum absolute atomic E-state index is 0.157. The third-order valence-electron chi connectivity index (χ3n) is 5.99. The van der Waals surface area contributed by atoms with Crippen LogP contribution < -0.4 is 0 Å². The number of carbonyl (C=O) groups excluding carboxylic acids is 1. The molecule has 2 aromatic carbocycles. The maximum absolute atomic E-state index is 13.3. The van der Waals surface area contributed by atoms with Gasteiger partial charge in [-0.25, -0.2) is 4.98 Å². The van der Waals surface area contributed by atoms with Crippen LogP contribution in [-0.4, -0.2) is 64.7 Å². The van der Waals surface area contributed by atoms with Gasteiger partial charge >= 0.3 is 0 Å². The third kappa shape index (κ3) is 7.16. The minimum atomic E-state index is 0.157. The van der Waals surface area contributed by atoms with Crippen molar-refractivity contribution in [2.75, 3.05) is 39.4 Å². The molecule has 174 valence electrons. The van der Waals surface area contributed by atoms with Crippen molar-refractivity contribution < 1.29 is 9.53 Å². The van der Waals surface area contributed by atoms with E-state index in [1.54, 1.807) is 6.20 Å². The first-order valence-electron chi connectivity index (χ1n) is 11.5. The van der Waals surface area contributed by atoms with Gasteiger partial charge in [0.25, 0.3) is 0 Å². The van der Waals surface area contributed by atoms with Crippen molar-refractivity contribution in [3.05, 3.63) is 89.0 Å². The van der Waals surface area contributed by atoms with Gasteiger partial charge in [0.2, 0.25) is 5.91 Å². The minimum Gasteiger partial charge on any atom is -0.379 e. The lowest BCUT2D eigenvalue weighted by atomic mass is 10.1. The van der Waals surface area contributed by atoms with Gasteiger partial charge in [-0.05, 0) is 29.7 Å². The number of aryl methyl sites for hydroxylation is 1. The highest BCUT2D eigenvalue weighted by Crippen LogP contribution is 2.14. The maximum Gasteiger partial charge on any atom is 0.223 e. The van der Waals surface area contributed by atoms with E-state index in [1.807, 2.05) is 47.5 Å². The first-order chi connectivity index (χ1) is 16.2. The van der Waals surface area contributed by atoms with Gasteiger partial charge in [0.05, 0.1) is 19.8 Å². The summed E-state index contributed by atoms with van der Waals surface area (Å²) in [5.74, 6) is 1.04. The van der Waals surface area contributed by atoms with Crippen molar-refractivity contribution in [2.24, 2.45) is 0 Å². The van der Waals surface area contributed by atoms with E-state index in [9.17, 15) is 4.79 Å². The van der Waals surface area contributed by atoms with E-state index in [0.717, 1.165) is 55.7 Å². The van der Waals surface area contributed by atoms with Crippen LogP contribution in [0, 0.1) is 0 Å². The summed E-state index contributed by atoms with van der Waals surface area (Å²) in [6.45, 7) is 6.02. The number of ether oxygens (including phenoxy) is 1. The molecule has 0 bridgehead atoms. The molecular formula is C26H31ClN4O2. The number of nitrogens with zero attached hydrogens (tertiary/aromatic N) is 4. The number of hydrogen-bond acceptors (Lipinski definition) is 4. The van der Waals surface area contributed by atoms with Gasteiger partial charge in [0, 0.05) is 56.6 Å². The largest absolute Gasteiger partial charge is 0.379 e. The number of aromatic nitrogens is 2. The zero-order chi connectivity index (χ0) is 22.9. The van der Waals surface area contributed by atoms with Crippen LogP contribution in [-0.2, 0) is 29.0 Å². The maximum atomic E-state index is 13.3. The molecule has 0 unspecified atom stereocenters. The van der Waals surface area contributed by atoms with Crippen molar-refractivity contribution in [2.45, 2.75) is 25.9 Å². The number of rotatable bonds is 10. The molecule has 33 heavy (non-hydrogen) atoms. The molecule has 1 aromatic heterocycles. The van der Waals surface area contributed by atoms with Crippen molar-refractivity contribution in [1.29, 1.82) is 0 Å². The molecule has 3 aromatic rings. The average Bonchev–Trinajstić information content (AvgIpc) is 3.28. The van der Waals surface area contributed by atoms with Crippen LogP contribution in [0.4, 0.5) is 0 Å². The fourth-order valence-electron chi connectivity index (χ4n) is 4.07. The molecule has 0 atom stereocenters. The Morgan fingerprint density at radius 1 is 1.06 bits per heavy atom. The van der Waals surface area contributed by atoms with Crippen LogP contribution in [0.3, 0.4) is 0 Å². The molecule has 0 N–H and O–H groups in total. The van der Waals surface area contributed by atoms with Gasteiger partial charge in [-0.3, -0.25) is 9.69 Å². The number of halogens is 1. The first-order valence-corrected chi connectivity index (χ1v) is 11.9. The Morgan fingerprint density at radius 2 is 1.85 bits per heavy atom. The Morgan fingerprint density at radius 3 is 2.64 bits per heavy atom. The van der Waals surface area contributed by atoms with Gasteiger partial charge < -0.3 is 14.2 Å². The molecule has 1 aliphatic heterocycles. The fraction of sp³-hybridized carbons (Fsp3) is 0.385. The second-order valence-corrected chi connectivity index (χ2v) is 8.79. The van der Waals surface area contributed by atoms with Crippen LogP contribution in [0.2, 0.25) is 5.02 Å². The molecule has 4 rings (SSSR count). The SMILES string of the molecule is O=C(CCc1ccccc1)N(CCN1CCOCC1)Cc1nccn1Cc1cccc(Cl)c1. The van der Waals surface area contributed by atoms with Gasteiger partial charge in [-0.1, -0.05) is 54.1 Å². The lowest BCUT2D eigenvalue weighted by molar-refractivity contribution is -0.132. The normalized spacial score (nSPS) is 14.3. The number of morpholine rings is 1. The van der Waals surface area contributed by atoms with Gasteiger partial charge in [-0.2, -0.15) is 0 Å². The summed E-state index contributed by atoms with van der Waals surface area (Å²) in [6.07, 6.45) is 4.99. The first kappa shape index (κ1) is 23.5. The zero-order valence-electron chi connectivity index (χ0n) is 18.9. The summed E-state index contributed by atoms with van der Waals surface area (Å²) >= 11 is 6.16. The Kier molecular flexibility index (Phi) is 8.53. The monoisotopic (exact) mass is 466 g/mol. The number of hydrogen-bond donors (Lipinski definition) is 0. The Hall–Kier alpha value is -2.67. The molecule has 0 aliphatic carbocycles. The van der Waals surface area contributed by atoms with Crippen LogP contribution in [0.1, 0.15) is 23.4 Å². The predicted octanol–water partition coefficient (Wildman–Crippen LogP) is 3.88. The summed E-state index contributed by atoms with van der Waals surface area (Å²) in [7, 11) is 0. The van der Waals surface area contributed by atoms with E-state index in [-0.39, 0.29) is 5.91 Å². The second-order valence-electron chi connectivity index (χ2n) is 8.36. The number of imidazole rings is 1. The summed E-state index contributed by atoms with van der Waals surface area (Å²) in [5, 5.41) is 0.720. The molecule has 1 saturated heterocycles. The third-order valence-corrected chi connectivity index (χ3v) is 6.22. The molecule has 6 nitrogen and oxygen atoms in total. The van der Waals surface area contributed by atoms with E-state index >= 15 is 0 Å². The number of amides is 1. The van der Waals surface area contributed by atoms with Crippen molar-refractivity contribution in [3.63, 3.8) is 0 Å². The number of benzene rings is 2. The highest BCUT2D eigenvalue weighted by Gasteiger charge is 2.19. The van der Waals surface area contributed by atoms with E-state index in [4.69, 9.17) is 16.3 Å². The predicted molar refractivity (Wildman–Crippen MR) is 130 cm³/mol. The molecule has 7 heteroatoms. The van der Waals surface area contributed by atoms with E-state index in [1.165, 1.54) is 5.56 Å². The van der Waals surface area contributed by atoms with Gasteiger partial charge in [-0.15, -0.1) is 0 Å². The number of carbonyl (C=O) groups is 1. The van der Waals surface area contributed by atoms with Crippen molar-refractivity contribution >= 4 is 17.5 Å². The lowest BCUT2D eigenvalue weighted by Crippen LogP contribution is -2.43. The molecule has 1 aliphatic rings. The highest BCUT2D eigenvalue weighted by atomic mass is 35.5. The van der Waals surface area contributed by atoms with Crippen LogP contribution in [0.15, 0.2) is 67.0 Å². The van der Waals surface area contributed by atoms with E-state index in [2.05, 4.69) is 32.7 Å². The molecule has 0 radical (unpaired) electrons. The summed E-state index contributed by atoms with van der Waals surface area (Å²) in [6, 6.07) is 18.0. The van der Waals surface area contributed by atoms with Crippen molar-refractivity contribution in [3.8, 4) is 0 Å². The average molecular weight is 467 g/mol.